The first-order valence-electron chi connectivity index (χ1n) is 8.52. The Balaban J connectivity index is 1.86. The first kappa shape index (κ1) is 18.9. The second kappa shape index (κ2) is 8.22. The van der Waals surface area contributed by atoms with Crippen LogP contribution in [0.4, 0.5) is 0 Å². The van der Waals surface area contributed by atoms with Crippen LogP contribution in [0.3, 0.4) is 0 Å². The Morgan fingerprint density at radius 2 is 1.93 bits per heavy atom. The maximum absolute atomic E-state index is 13.1. The molecule has 0 fully saturated rings. The number of benzene rings is 2. The lowest BCUT2D eigenvalue weighted by atomic mass is 10.1. The molecule has 0 N–H and O–H groups in total. The van der Waals surface area contributed by atoms with Crippen LogP contribution in [0.1, 0.15) is 30.1 Å². The van der Waals surface area contributed by atoms with Gasteiger partial charge in [0.25, 0.3) is 5.91 Å². The Morgan fingerprint density at radius 3 is 2.59 bits per heavy atom. The van der Waals surface area contributed by atoms with Gasteiger partial charge in [0.2, 0.25) is 11.8 Å². The summed E-state index contributed by atoms with van der Waals surface area (Å²) in [4.78, 5) is 14.7. The van der Waals surface area contributed by atoms with Crippen molar-refractivity contribution in [2.24, 2.45) is 0 Å². The predicted octanol–water partition coefficient (Wildman–Crippen LogP) is 4.45. The summed E-state index contributed by atoms with van der Waals surface area (Å²) in [6, 6.07) is 14.4. The van der Waals surface area contributed by atoms with E-state index in [0.29, 0.717) is 28.1 Å². The van der Waals surface area contributed by atoms with Gasteiger partial charge in [0, 0.05) is 16.6 Å². The number of halogens is 1. The molecule has 0 radical (unpaired) electrons. The van der Waals surface area contributed by atoms with Crippen molar-refractivity contribution in [3.8, 4) is 17.2 Å². The molecule has 27 heavy (non-hydrogen) atoms. The highest BCUT2D eigenvalue weighted by Crippen LogP contribution is 2.26. The van der Waals surface area contributed by atoms with E-state index >= 15 is 0 Å². The molecule has 0 saturated carbocycles. The number of ether oxygens (including phenoxy) is 1. The van der Waals surface area contributed by atoms with E-state index in [1.165, 1.54) is 7.11 Å². The van der Waals surface area contributed by atoms with E-state index in [4.69, 9.17) is 20.8 Å². The Morgan fingerprint density at radius 1 is 1.19 bits per heavy atom. The third-order valence-electron chi connectivity index (χ3n) is 4.07. The van der Waals surface area contributed by atoms with E-state index in [-0.39, 0.29) is 18.5 Å². The molecule has 1 heterocycles. The van der Waals surface area contributed by atoms with Gasteiger partial charge in [-0.1, -0.05) is 29.8 Å². The largest absolute Gasteiger partial charge is 0.496 e. The third kappa shape index (κ3) is 4.28. The van der Waals surface area contributed by atoms with Crippen LogP contribution >= 0.6 is 11.6 Å². The van der Waals surface area contributed by atoms with Crippen molar-refractivity contribution in [2.45, 2.75) is 26.4 Å². The number of hydrogen-bond acceptors (Lipinski definition) is 5. The zero-order valence-electron chi connectivity index (χ0n) is 15.3. The van der Waals surface area contributed by atoms with E-state index in [9.17, 15) is 4.79 Å². The van der Waals surface area contributed by atoms with Gasteiger partial charge in [-0.15, -0.1) is 10.2 Å². The molecule has 3 rings (SSSR count). The van der Waals surface area contributed by atoms with Crippen molar-refractivity contribution >= 4 is 17.5 Å². The summed E-state index contributed by atoms with van der Waals surface area (Å²) in [6.07, 6.45) is 0. The number of aromatic nitrogens is 2. The predicted molar refractivity (Wildman–Crippen MR) is 103 cm³/mol. The molecule has 3 aromatic rings. The Kier molecular flexibility index (Phi) is 5.76. The average Bonchev–Trinajstić information content (AvgIpc) is 3.15. The second-order valence-electron chi connectivity index (χ2n) is 6.24. The normalized spacial score (nSPS) is 10.9. The summed E-state index contributed by atoms with van der Waals surface area (Å²) in [7, 11) is 1.52. The SMILES string of the molecule is COc1ccc(Cl)cc1C(=O)N(Cc1nnc(-c2ccccc2)o1)C(C)C. The van der Waals surface area contributed by atoms with Gasteiger partial charge in [0.1, 0.15) is 5.75 Å². The van der Waals surface area contributed by atoms with Gasteiger partial charge >= 0.3 is 0 Å². The lowest BCUT2D eigenvalue weighted by Crippen LogP contribution is -2.36. The summed E-state index contributed by atoms with van der Waals surface area (Å²) in [5.41, 5.74) is 1.22. The number of carbonyl (C=O) groups excluding carboxylic acids is 1. The maximum Gasteiger partial charge on any atom is 0.258 e. The molecular formula is C20H20ClN3O3. The Bertz CT molecular complexity index is 925. The molecule has 0 saturated heterocycles. The van der Waals surface area contributed by atoms with Crippen molar-refractivity contribution < 1.29 is 13.9 Å². The van der Waals surface area contributed by atoms with E-state index in [2.05, 4.69) is 10.2 Å². The molecule has 140 valence electrons. The molecule has 1 amide bonds. The van der Waals surface area contributed by atoms with Gasteiger partial charge in [-0.2, -0.15) is 0 Å². The highest BCUT2D eigenvalue weighted by Gasteiger charge is 2.24. The summed E-state index contributed by atoms with van der Waals surface area (Å²) >= 11 is 6.07. The molecule has 0 aliphatic heterocycles. The summed E-state index contributed by atoms with van der Waals surface area (Å²) in [5.74, 6) is 1.02. The summed E-state index contributed by atoms with van der Waals surface area (Å²) < 4.78 is 11.0. The van der Waals surface area contributed by atoms with Crippen LogP contribution in [0.2, 0.25) is 5.02 Å². The van der Waals surface area contributed by atoms with Crippen LogP contribution in [-0.2, 0) is 6.54 Å². The van der Waals surface area contributed by atoms with Gasteiger partial charge in [-0.05, 0) is 44.2 Å². The van der Waals surface area contributed by atoms with E-state index in [0.717, 1.165) is 5.56 Å². The van der Waals surface area contributed by atoms with Gasteiger partial charge in [-0.3, -0.25) is 4.79 Å². The molecule has 7 heteroatoms. The smallest absolute Gasteiger partial charge is 0.258 e. The summed E-state index contributed by atoms with van der Waals surface area (Å²) in [5, 5.41) is 8.63. The minimum atomic E-state index is -0.219. The number of rotatable bonds is 6. The molecule has 0 unspecified atom stereocenters. The van der Waals surface area contributed by atoms with Crippen molar-refractivity contribution in [1.29, 1.82) is 0 Å². The van der Waals surface area contributed by atoms with Gasteiger partial charge in [0.15, 0.2) is 0 Å². The molecule has 0 atom stereocenters. The number of nitrogens with zero attached hydrogens (tertiary/aromatic N) is 3. The van der Waals surface area contributed by atoms with Crippen molar-refractivity contribution in [1.82, 2.24) is 15.1 Å². The van der Waals surface area contributed by atoms with Crippen LogP contribution in [0.25, 0.3) is 11.5 Å². The monoisotopic (exact) mass is 385 g/mol. The highest BCUT2D eigenvalue weighted by atomic mass is 35.5. The Labute approximate surface area is 162 Å². The first-order chi connectivity index (χ1) is 13.0. The highest BCUT2D eigenvalue weighted by molar-refractivity contribution is 6.31. The fraction of sp³-hybridized carbons (Fsp3) is 0.250. The maximum atomic E-state index is 13.1. The quantitative estimate of drug-likeness (QED) is 0.627. The van der Waals surface area contributed by atoms with Crippen LogP contribution in [0.15, 0.2) is 52.9 Å². The van der Waals surface area contributed by atoms with Gasteiger partial charge < -0.3 is 14.1 Å². The van der Waals surface area contributed by atoms with Crippen molar-refractivity contribution in [3.63, 3.8) is 0 Å². The molecule has 6 nitrogen and oxygen atoms in total. The summed E-state index contributed by atoms with van der Waals surface area (Å²) in [6.45, 7) is 4.03. The number of carbonyl (C=O) groups is 1. The minimum Gasteiger partial charge on any atom is -0.496 e. The van der Waals surface area contributed by atoms with Crippen LogP contribution in [0, 0.1) is 0 Å². The van der Waals surface area contributed by atoms with E-state index < -0.39 is 0 Å². The molecular weight excluding hydrogens is 366 g/mol. The first-order valence-corrected chi connectivity index (χ1v) is 8.89. The van der Waals surface area contributed by atoms with Crippen LogP contribution in [-0.4, -0.2) is 34.2 Å². The van der Waals surface area contributed by atoms with Crippen LogP contribution in [0.5, 0.6) is 5.75 Å². The molecule has 1 aromatic heterocycles. The molecule has 0 spiro atoms. The van der Waals surface area contributed by atoms with E-state index in [1.807, 2.05) is 44.2 Å². The molecule has 0 aliphatic rings. The molecule has 0 aliphatic carbocycles. The van der Waals surface area contributed by atoms with E-state index in [1.54, 1.807) is 23.1 Å². The zero-order valence-corrected chi connectivity index (χ0v) is 16.1. The van der Waals surface area contributed by atoms with Crippen LogP contribution < -0.4 is 4.74 Å². The number of methoxy groups -OCH3 is 1. The van der Waals surface area contributed by atoms with Gasteiger partial charge in [0.05, 0.1) is 19.2 Å². The van der Waals surface area contributed by atoms with Crippen molar-refractivity contribution in [3.05, 3.63) is 65.0 Å². The number of amides is 1. The molecule has 2 aromatic carbocycles. The fourth-order valence-corrected chi connectivity index (χ4v) is 2.82. The fourth-order valence-electron chi connectivity index (χ4n) is 2.65. The second-order valence-corrected chi connectivity index (χ2v) is 6.67. The topological polar surface area (TPSA) is 68.5 Å². The lowest BCUT2D eigenvalue weighted by molar-refractivity contribution is 0.0669. The third-order valence-corrected chi connectivity index (χ3v) is 4.30. The standard InChI is InChI=1S/C20H20ClN3O3/c1-13(2)24(20(25)16-11-15(21)9-10-17(16)26-3)12-18-22-23-19(27-18)14-7-5-4-6-8-14/h4-11,13H,12H2,1-3H3. The zero-order chi connectivity index (χ0) is 19.4. The number of hydrogen-bond donors (Lipinski definition) is 0. The minimum absolute atomic E-state index is 0.0896. The lowest BCUT2D eigenvalue weighted by Gasteiger charge is -2.26. The molecule has 0 bridgehead atoms. The van der Waals surface area contributed by atoms with Crippen molar-refractivity contribution in [2.75, 3.05) is 7.11 Å². The average molecular weight is 386 g/mol. The Hall–Kier alpha value is -2.86. The van der Waals surface area contributed by atoms with Gasteiger partial charge in [-0.25, -0.2) is 0 Å².